The first-order chi connectivity index (χ1) is 7.92. The van der Waals surface area contributed by atoms with Gasteiger partial charge in [0.25, 0.3) is 0 Å². The lowest BCUT2D eigenvalue weighted by Gasteiger charge is -2.26. The van der Waals surface area contributed by atoms with Crippen LogP contribution in [0.5, 0.6) is 0 Å². The number of carbonyl (C=O) groups is 1. The first-order valence-electron chi connectivity index (χ1n) is 6.18. The van der Waals surface area contributed by atoms with Gasteiger partial charge in [-0.25, -0.2) is 4.79 Å². The van der Waals surface area contributed by atoms with E-state index >= 15 is 0 Å². The largest absolute Gasteiger partial charge is 0.444 e. The predicted molar refractivity (Wildman–Crippen MR) is 76.8 cm³/mol. The van der Waals surface area contributed by atoms with Gasteiger partial charge in [-0.1, -0.05) is 0 Å². The second-order valence-corrected chi connectivity index (χ2v) is 5.73. The van der Waals surface area contributed by atoms with E-state index in [0.29, 0.717) is 5.88 Å². The Morgan fingerprint density at radius 2 is 1.89 bits per heavy atom. The molecule has 0 atom stereocenters. The molecule has 1 aliphatic heterocycles. The van der Waals surface area contributed by atoms with Crippen LogP contribution in [-0.2, 0) is 4.74 Å². The van der Waals surface area contributed by atoms with Crippen molar-refractivity contribution in [3.8, 4) is 0 Å². The number of ether oxygens (including phenoxy) is 1. The number of nitrogens with zero attached hydrogens (tertiary/aromatic N) is 2. The third kappa shape index (κ3) is 6.66. The van der Waals surface area contributed by atoms with E-state index in [4.69, 9.17) is 16.3 Å². The third-order valence-electron chi connectivity index (χ3n) is 2.64. The van der Waals surface area contributed by atoms with Crippen LogP contribution in [0, 0.1) is 0 Å². The van der Waals surface area contributed by atoms with Crippen LogP contribution >= 0.6 is 24.0 Å². The maximum absolute atomic E-state index is 11.9. The van der Waals surface area contributed by atoms with Crippen LogP contribution in [0.3, 0.4) is 0 Å². The van der Waals surface area contributed by atoms with Crippen LogP contribution in [0.2, 0.25) is 0 Å². The minimum absolute atomic E-state index is 0. The molecule has 0 spiro atoms. The highest BCUT2D eigenvalue weighted by Gasteiger charge is 2.24. The molecule has 108 valence electrons. The van der Waals surface area contributed by atoms with Gasteiger partial charge in [0.2, 0.25) is 0 Å². The van der Waals surface area contributed by atoms with Gasteiger partial charge in [0.05, 0.1) is 0 Å². The van der Waals surface area contributed by atoms with E-state index in [0.717, 1.165) is 39.1 Å². The Morgan fingerprint density at radius 3 is 2.44 bits per heavy atom. The Labute approximate surface area is 121 Å². The zero-order valence-corrected chi connectivity index (χ0v) is 13.0. The molecule has 1 heterocycles. The van der Waals surface area contributed by atoms with Gasteiger partial charge in [0, 0.05) is 32.1 Å². The lowest BCUT2D eigenvalue weighted by molar-refractivity contribution is 0.0258. The molecular weight excluding hydrogens is 275 g/mol. The number of hydrogen-bond acceptors (Lipinski definition) is 3. The van der Waals surface area contributed by atoms with E-state index in [9.17, 15) is 4.79 Å². The molecule has 18 heavy (non-hydrogen) atoms. The maximum atomic E-state index is 11.9. The quantitative estimate of drug-likeness (QED) is 0.735. The first-order valence-corrected chi connectivity index (χ1v) is 6.72. The van der Waals surface area contributed by atoms with Crippen molar-refractivity contribution in [1.29, 1.82) is 0 Å². The molecule has 0 unspecified atom stereocenters. The number of halogens is 2. The zero-order valence-electron chi connectivity index (χ0n) is 11.4. The number of amides is 1. The highest BCUT2D eigenvalue weighted by Crippen LogP contribution is 2.12. The van der Waals surface area contributed by atoms with Crippen molar-refractivity contribution in [2.45, 2.75) is 32.8 Å². The molecule has 0 saturated carbocycles. The Bertz CT molecular complexity index is 257. The van der Waals surface area contributed by atoms with E-state index in [2.05, 4.69) is 4.90 Å². The molecule has 0 aromatic rings. The van der Waals surface area contributed by atoms with Crippen molar-refractivity contribution in [3.05, 3.63) is 0 Å². The summed E-state index contributed by atoms with van der Waals surface area (Å²) < 4.78 is 5.37. The average molecular weight is 299 g/mol. The lowest BCUT2D eigenvalue weighted by atomic mass is 10.2. The zero-order chi connectivity index (χ0) is 12.9. The van der Waals surface area contributed by atoms with Crippen molar-refractivity contribution in [2.75, 3.05) is 38.6 Å². The molecule has 1 aliphatic rings. The Morgan fingerprint density at radius 1 is 1.22 bits per heavy atom. The Balaban J connectivity index is 0.00000289. The number of carbonyl (C=O) groups excluding carboxylic acids is 1. The van der Waals surface area contributed by atoms with Crippen LogP contribution in [0.1, 0.15) is 27.2 Å². The van der Waals surface area contributed by atoms with Gasteiger partial charge in [0.1, 0.15) is 5.60 Å². The summed E-state index contributed by atoms with van der Waals surface area (Å²) in [6, 6.07) is 0. The summed E-state index contributed by atoms with van der Waals surface area (Å²) in [7, 11) is 0. The summed E-state index contributed by atoms with van der Waals surface area (Å²) in [6.07, 6.45) is 0.779. The number of alkyl halides is 1. The van der Waals surface area contributed by atoms with Crippen molar-refractivity contribution in [2.24, 2.45) is 0 Å². The van der Waals surface area contributed by atoms with E-state index in [1.165, 1.54) is 0 Å². The standard InChI is InChI=1S/C12H23ClN2O2.ClH/c1-12(2,3)17-11(16)15-7-4-6-14(8-5-13)9-10-15;/h4-10H2,1-3H3;1H. The molecule has 6 heteroatoms. The van der Waals surface area contributed by atoms with Gasteiger partial charge in [0.15, 0.2) is 0 Å². The molecule has 1 saturated heterocycles. The van der Waals surface area contributed by atoms with E-state index < -0.39 is 5.60 Å². The van der Waals surface area contributed by atoms with E-state index in [-0.39, 0.29) is 18.5 Å². The molecule has 0 radical (unpaired) electrons. The molecule has 0 bridgehead atoms. The first kappa shape index (κ1) is 17.8. The normalized spacial score (nSPS) is 17.9. The Kier molecular flexibility index (Phi) is 7.99. The summed E-state index contributed by atoms with van der Waals surface area (Å²) in [4.78, 5) is 16.0. The lowest BCUT2D eigenvalue weighted by Crippen LogP contribution is -2.39. The van der Waals surface area contributed by atoms with Crippen molar-refractivity contribution >= 4 is 30.1 Å². The summed E-state index contributed by atoms with van der Waals surface area (Å²) >= 11 is 5.73. The second-order valence-electron chi connectivity index (χ2n) is 5.35. The third-order valence-corrected chi connectivity index (χ3v) is 2.81. The van der Waals surface area contributed by atoms with Crippen LogP contribution < -0.4 is 0 Å². The van der Waals surface area contributed by atoms with Gasteiger partial charge in [-0.2, -0.15) is 0 Å². The fraction of sp³-hybridized carbons (Fsp3) is 0.917. The van der Waals surface area contributed by atoms with E-state index in [1.807, 2.05) is 20.8 Å². The van der Waals surface area contributed by atoms with Gasteiger partial charge in [-0.3, -0.25) is 0 Å². The topological polar surface area (TPSA) is 32.8 Å². The molecule has 1 rings (SSSR count). The fourth-order valence-electron chi connectivity index (χ4n) is 1.82. The van der Waals surface area contributed by atoms with Gasteiger partial charge in [-0.05, 0) is 33.7 Å². The molecule has 1 fully saturated rings. The second kappa shape index (κ2) is 8.08. The summed E-state index contributed by atoms with van der Waals surface area (Å²) in [6.45, 7) is 9.95. The predicted octanol–water partition coefficient (Wildman–Crippen LogP) is 2.59. The van der Waals surface area contributed by atoms with E-state index in [1.54, 1.807) is 4.90 Å². The highest BCUT2D eigenvalue weighted by atomic mass is 35.5. The summed E-state index contributed by atoms with van der Waals surface area (Å²) in [5.41, 5.74) is -0.417. The minimum atomic E-state index is -0.417. The number of hydrogen-bond donors (Lipinski definition) is 0. The number of rotatable bonds is 2. The molecule has 4 nitrogen and oxygen atoms in total. The minimum Gasteiger partial charge on any atom is -0.444 e. The summed E-state index contributed by atoms with van der Waals surface area (Å²) in [5.74, 6) is 0.645. The van der Waals surface area contributed by atoms with Gasteiger partial charge >= 0.3 is 6.09 Å². The smallest absolute Gasteiger partial charge is 0.410 e. The molecule has 1 amide bonds. The SMILES string of the molecule is CC(C)(C)OC(=O)N1CCCN(CCCl)CC1.Cl. The van der Waals surface area contributed by atoms with Crippen molar-refractivity contribution in [1.82, 2.24) is 9.80 Å². The van der Waals surface area contributed by atoms with Gasteiger partial charge < -0.3 is 14.5 Å². The fourth-order valence-corrected chi connectivity index (χ4v) is 2.06. The molecular formula is C12H24Cl2N2O2. The monoisotopic (exact) mass is 298 g/mol. The molecule has 0 aromatic heterocycles. The van der Waals surface area contributed by atoms with Crippen LogP contribution in [0.15, 0.2) is 0 Å². The summed E-state index contributed by atoms with van der Waals surface area (Å²) in [5, 5.41) is 0. The van der Waals surface area contributed by atoms with Gasteiger partial charge in [-0.15, -0.1) is 24.0 Å². The highest BCUT2D eigenvalue weighted by molar-refractivity contribution is 6.18. The molecule has 0 aromatic carbocycles. The van der Waals surface area contributed by atoms with Crippen molar-refractivity contribution < 1.29 is 9.53 Å². The van der Waals surface area contributed by atoms with Crippen LogP contribution in [-0.4, -0.2) is 60.1 Å². The molecule has 0 N–H and O–H groups in total. The average Bonchev–Trinajstić information content (AvgIpc) is 2.41. The Hall–Kier alpha value is -0.190. The van der Waals surface area contributed by atoms with Crippen LogP contribution in [0.25, 0.3) is 0 Å². The van der Waals surface area contributed by atoms with Crippen molar-refractivity contribution in [3.63, 3.8) is 0 Å². The van der Waals surface area contributed by atoms with Crippen LogP contribution in [0.4, 0.5) is 4.79 Å². The maximum Gasteiger partial charge on any atom is 0.410 e. The molecule has 0 aliphatic carbocycles.